The molecule has 0 aliphatic heterocycles. The van der Waals surface area contributed by atoms with Gasteiger partial charge in [0.05, 0.1) is 5.69 Å². The number of nitrogens with zero attached hydrogens (tertiary/aromatic N) is 4. The van der Waals surface area contributed by atoms with Crippen LogP contribution in [0.2, 0.25) is 0 Å². The fourth-order valence-electron chi connectivity index (χ4n) is 2.65. The van der Waals surface area contributed by atoms with Gasteiger partial charge in [-0.2, -0.15) is 4.68 Å². The number of aryl methyl sites for hydroxylation is 2. The number of anilines is 1. The molecule has 1 N–H and O–H groups in total. The molecule has 0 aliphatic carbocycles. The first-order valence-electron chi connectivity index (χ1n) is 7.87. The van der Waals surface area contributed by atoms with E-state index in [1.807, 2.05) is 24.3 Å². The molecule has 0 fully saturated rings. The molecule has 0 unspecified atom stereocenters. The van der Waals surface area contributed by atoms with E-state index in [9.17, 15) is 4.79 Å². The molecule has 1 heterocycles. The molecule has 1 amide bonds. The van der Waals surface area contributed by atoms with Crippen molar-refractivity contribution in [3.63, 3.8) is 0 Å². The number of rotatable bonds is 5. The van der Waals surface area contributed by atoms with Crippen molar-refractivity contribution in [1.29, 1.82) is 0 Å². The second-order valence-electron chi connectivity index (χ2n) is 5.89. The van der Waals surface area contributed by atoms with E-state index in [2.05, 4.69) is 52.9 Å². The van der Waals surface area contributed by atoms with E-state index < -0.39 is 0 Å². The number of thioether (sulfide) groups is 1. The van der Waals surface area contributed by atoms with Gasteiger partial charge in [-0.25, -0.2) is 0 Å². The second-order valence-corrected chi connectivity index (χ2v) is 6.83. The molecule has 0 spiro atoms. The zero-order valence-corrected chi connectivity index (χ0v) is 15.2. The molecule has 0 atom stereocenters. The largest absolute Gasteiger partial charge is 0.326 e. The highest BCUT2D eigenvalue weighted by atomic mass is 32.2. The molecular formula is C18H19N5OS. The van der Waals surface area contributed by atoms with Crippen LogP contribution in [0.3, 0.4) is 0 Å². The zero-order chi connectivity index (χ0) is 17.8. The third-order valence-electron chi connectivity index (χ3n) is 3.50. The molecule has 128 valence electrons. The van der Waals surface area contributed by atoms with Crippen molar-refractivity contribution in [3.8, 4) is 5.69 Å². The van der Waals surface area contributed by atoms with Crippen LogP contribution in [0.4, 0.5) is 5.69 Å². The summed E-state index contributed by atoms with van der Waals surface area (Å²) in [4.78, 5) is 11.2. The van der Waals surface area contributed by atoms with E-state index in [4.69, 9.17) is 0 Å². The Labute approximate surface area is 150 Å². The number of nitrogens with one attached hydrogen (secondary N) is 1. The van der Waals surface area contributed by atoms with Crippen LogP contribution in [-0.4, -0.2) is 26.1 Å². The van der Waals surface area contributed by atoms with Gasteiger partial charge in [-0.05, 0) is 48.0 Å². The Morgan fingerprint density at radius 1 is 1.16 bits per heavy atom. The number of carbonyl (C=O) groups is 1. The summed E-state index contributed by atoms with van der Waals surface area (Å²) in [7, 11) is 0. The van der Waals surface area contributed by atoms with Crippen LogP contribution < -0.4 is 5.32 Å². The lowest BCUT2D eigenvalue weighted by Crippen LogP contribution is -2.07. The molecule has 3 rings (SSSR count). The summed E-state index contributed by atoms with van der Waals surface area (Å²) in [5.74, 6) is 0.673. The van der Waals surface area contributed by atoms with Crippen molar-refractivity contribution < 1.29 is 4.79 Å². The van der Waals surface area contributed by atoms with Gasteiger partial charge < -0.3 is 5.32 Å². The van der Waals surface area contributed by atoms with Crippen LogP contribution >= 0.6 is 11.8 Å². The molecule has 0 radical (unpaired) electrons. The van der Waals surface area contributed by atoms with Gasteiger partial charge in [0.15, 0.2) is 0 Å². The molecule has 3 aromatic rings. The van der Waals surface area contributed by atoms with Crippen molar-refractivity contribution in [3.05, 3.63) is 59.2 Å². The summed E-state index contributed by atoms with van der Waals surface area (Å²) in [5, 5.41) is 15.5. The lowest BCUT2D eigenvalue weighted by atomic mass is 10.1. The Kier molecular flexibility index (Phi) is 5.14. The van der Waals surface area contributed by atoms with Crippen molar-refractivity contribution in [2.75, 3.05) is 5.32 Å². The lowest BCUT2D eigenvalue weighted by Gasteiger charge is -2.08. The Balaban J connectivity index is 1.80. The quantitative estimate of drug-likeness (QED) is 0.711. The summed E-state index contributed by atoms with van der Waals surface area (Å²) < 4.78 is 1.68. The van der Waals surface area contributed by atoms with E-state index in [0.29, 0.717) is 10.8 Å². The van der Waals surface area contributed by atoms with E-state index in [-0.39, 0.29) is 5.91 Å². The highest BCUT2D eigenvalue weighted by molar-refractivity contribution is 7.98. The summed E-state index contributed by atoms with van der Waals surface area (Å²) in [6.45, 7) is 5.67. The average molecular weight is 353 g/mol. The smallest absolute Gasteiger partial charge is 0.221 e. The highest BCUT2D eigenvalue weighted by Crippen LogP contribution is 2.24. The van der Waals surface area contributed by atoms with Gasteiger partial charge in [0.2, 0.25) is 11.1 Å². The van der Waals surface area contributed by atoms with E-state index in [0.717, 1.165) is 11.4 Å². The van der Waals surface area contributed by atoms with Crippen LogP contribution in [0.1, 0.15) is 23.6 Å². The molecule has 0 bridgehead atoms. The number of benzene rings is 2. The van der Waals surface area contributed by atoms with Gasteiger partial charge in [-0.3, -0.25) is 4.79 Å². The third-order valence-corrected chi connectivity index (χ3v) is 4.49. The third kappa shape index (κ3) is 4.45. The minimum absolute atomic E-state index is 0.113. The van der Waals surface area contributed by atoms with Gasteiger partial charge >= 0.3 is 0 Å². The Morgan fingerprint density at radius 3 is 2.64 bits per heavy atom. The predicted molar refractivity (Wildman–Crippen MR) is 98.9 cm³/mol. The van der Waals surface area contributed by atoms with Crippen LogP contribution in [0.25, 0.3) is 5.69 Å². The topological polar surface area (TPSA) is 72.7 Å². The molecule has 0 aliphatic rings. The number of hydrogen-bond acceptors (Lipinski definition) is 5. The summed E-state index contributed by atoms with van der Waals surface area (Å²) in [5.41, 5.74) is 5.25. The first kappa shape index (κ1) is 17.2. The van der Waals surface area contributed by atoms with Crippen molar-refractivity contribution in [1.82, 2.24) is 20.2 Å². The minimum Gasteiger partial charge on any atom is -0.326 e. The van der Waals surface area contributed by atoms with Crippen molar-refractivity contribution in [2.45, 2.75) is 31.7 Å². The van der Waals surface area contributed by atoms with E-state index in [1.165, 1.54) is 23.6 Å². The number of hydrogen-bond donors (Lipinski definition) is 1. The maximum Gasteiger partial charge on any atom is 0.221 e. The summed E-state index contributed by atoms with van der Waals surface area (Å²) >= 11 is 1.58. The Hall–Kier alpha value is -2.67. The van der Waals surface area contributed by atoms with Gasteiger partial charge in [0, 0.05) is 18.4 Å². The second kappa shape index (κ2) is 7.48. The van der Waals surface area contributed by atoms with Gasteiger partial charge in [-0.1, -0.05) is 47.2 Å². The van der Waals surface area contributed by atoms with Crippen LogP contribution in [0.5, 0.6) is 0 Å². The molecule has 0 saturated heterocycles. The monoisotopic (exact) mass is 353 g/mol. The van der Waals surface area contributed by atoms with Crippen LogP contribution in [0.15, 0.2) is 47.6 Å². The maximum atomic E-state index is 11.2. The van der Waals surface area contributed by atoms with Gasteiger partial charge in [0.1, 0.15) is 0 Å². The lowest BCUT2D eigenvalue weighted by molar-refractivity contribution is -0.114. The van der Waals surface area contributed by atoms with E-state index >= 15 is 0 Å². The Bertz CT molecular complexity index is 886. The molecule has 6 nitrogen and oxygen atoms in total. The molecule has 2 aromatic carbocycles. The maximum absolute atomic E-state index is 11.2. The molecule has 1 aromatic heterocycles. The SMILES string of the molecule is CC(=O)Nc1cccc(-n2nnnc2SCc2cc(C)cc(C)c2)c1. The molecule has 0 saturated carbocycles. The highest BCUT2D eigenvalue weighted by Gasteiger charge is 2.10. The first-order chi connectivity index (χ1) is 12.0. The molecule has 7 heteroatoms. The van der Waals surface area contributed by atoms with Crippen LogP contribution in [-0.2, 0) is 10.5 Å². The standard InChI is InChI=1S/C18H19N5OS/c1-12-7-13(2)9-15(8-12)11-25-18-20-21-22-23(18)17-6-4-5-16(10-17)19-14(3)24/h4-10H,11H2,1-3H3,(H,19,24). The normalized spacial score (nSPS) is 10.7. The summed E-state index contributed by atoms with van der Waals surface area (Å²) in [6.07, 6.45) is 0. The zero-order valence-electron chi connectivity index (χ0n) is 14.4. The average Bonchev–Trinajstić information content (AvgIpc) is 3.00. The fraction of sp³-hybridized carbons (Fsp3) is 0.222. The van der Waals surface area contributed by atoms with E-state index in [1.54, 1.807) is 16.4 Å². The summed E-state index contributed by atoms with van der Waals surface area (Å²) in [6, 6.07) is 13.9. The first-order valence-corrected chi connectivity index (χ1v) is 8.86. The molecule has 25 heavy (non-hydrogen) atoms. The Morgan fingerprint density at radius 2 is 1.92 bits per heavy atom. The number of amides is 1. The minimum atomic E-state index is -0.113. The van der Waals surface area contributed by atoms with Crippen molar-refractivity contribution in [2.24, 2.45) is 0 Å². The number of tetrazole rings is 1. The fourth-order valence-corrected chi connectivity index (χ4v) is 3.47. The molecular weight excluding hydrogens is 334 g/mol. The van der Waals surface area contributed by atoms with Gasteiger partial charge in [0.25, 0.3) is 0 Å². The number of aromatic nitrogens is 4. The van der Waals surface area contributed by atoms with Gasteiger partial charge in [-0.15, -0.1) is 5.10 Å². The number of carbonyl (C=O) groups excluding carboxylic acids is 1. The van der Waals surface area contributed by atoms with Crippen LogP contribution in [0, 0.1) is 13.8 Å². The predicted octanol–water partition coefficient (Wildman–Crippen LogP) is 3.53. The van der Waals surface area contributed by atoms with Crippen molar-refractivity contribution >= 4 is 23.4 Å².